The summed E-state index contributed by atoms with van der Waals surface area (Å²) in [6, 6.07) is 8.43. The number of anilines is 1. The maximum atomic E-state index is 4.56. The molecule has 3 rings (SSSR count). The second-order valence-corrected chi connectivity index (χ2v) is 5.04. The fourth-order valence-electron chi connectivity index (χ4n) is 2.15. The molecule has 3 heterocycles. The monoisotopic (exact) mass is 245 g/mol. The number of aromatic nitrogens is 1. The first-order valence-corrected chi connectivity index (χ1v) is 6.78. The number of nitrogens with one attached hydrogen (secondary N) is 1. The Morgan fingerprint density at radius 2 is 2.06 bits per heavy atom. The minimum atomic E-state index is 1.04. The molecule has 0 saturated carbocycles. The van der Waals surface area contributed by atoms with E-state index in [-0.39, 0.29) is 0 Å². The van der Waals surface area contributed by atoms with Crippen LogP contribution in [0.2, 0.25) is 0 Å². The van der Waals surface area contributed by atoms with Crippen LogP contribution in [0.25, 0.3) is 10.4 Å². The van der Waals surface area contributed by atoms with Gasteiger partial charge in [-0.3, -0.25) is 0 Å². The molecule has 2 aromatic heterocycles. The summed E-state index contributed by atoms with van der Waals surface area (Å²) >= 11 is 1.77. The number of rotatable bonds is 2. The van der Waals surface area contributed by atoms with Crippen molar-refractivity contribution < 1.29 is 0 Å². The van der Waals surface area contributed by atoms with E-state index >= 15 is 0 Å². The van der Waals surface area contributed by atoms with E-state index in [9.17, 15) is 0 Å². The molecule has 17 heavy (non-hydrogen) atoms. The molecule has 3 nitrogen and oxygen atoms in total. The molecular weight excluding hydrogens is 230 g/mol. The maximum Gasteiger partial charge on any atom is 0.137 e. The van der Waals surface area contributed by atoms with Crippen molar-refractivity contribution in [1.29, 1.82) is 0 Å². The lowest BCUT2D eigenvalue weighted by Gasteiger charge is -2.29. The molecule has 0 atom stereocenters. The number of nitrogens with zero attached hydrogens (tertiary/aromatic N) is 2. The highest BCUT2D eigenvalue weighted by Gasteiger charge is 2.16. The van der Waals surface area contributed by atoms with Crippen molar-refractivity contribution in [2.75, 3.05) is 31.1 Å². The second kappa shape index (κ2) is 4.85. The molecule has 1 N–H and O–H groups in total. The van der Waals surface area contributed by atoms with Gasteiger partial charge in [0.1, 0.15) is 5.82 Å². The van der Waals surface area contributed by atoms with Crippen LogP contribution in [0.15, 0.2) is 35.8 Å². The van der Waals surface area contributed by atoms with Crippen LogP contribution < -0.4 is 10.2 Å². The van der Waals surface area contributed by atoms with Crippen molar-refractivity contribution >= 4 is 17.2 Å². The Balaban J connectivity index is 1.98. The minimum absolute atomic E-state index is 1.04. The molecule has 4 heteroatoms. The van der Waals surface area contributed by atoms with Gasteiger partial charge in [0.25, 0.3) is 0 Å². The van der Waals surface area contributed by atoms with Crippen LogP contribution in [0.4, 0.5) is 5.82 Å². The normalized spacial score (nSPS) is 16.1. The van der Waals surface area contributed by atoms with Gasteiger partial charge in [0.15, 0.2) is 0 Å². The van der Waals surface area contributed by atoms with Gasteiger partial charge in [-0.1, -0.05) is 6.07 Å². The van der Waals surface area contributed by atoms with Gasteiger partial charge in [0, 0.05) is 42.8 Å². The molecule has 0 unspecified atom stereocenters. The van der Waals surface area contributed by atoms with Crippen LogP contribution in [0.1, 0.15) is 0 Å². The van der Waals surface area contributed by atoms with Crippen LogP contribution in [0.3, 0.4) is 0 Å². The van der Waals surface area contributed by atoms with Crippen LogP contribution in [0.5, 0.6) is 0 Å². The number of piperazine rings is 1. The first-order chi connectivity index (χ1) is 8.45. The van der Waals surface area contributed by atoms with Gasteiger partial charge in [0.2, 0.25) is 0 Å². The third-order valence-corrected chi connectivity index (χ3v) is 3.89. The predicted molar refractivity (Wildman–Crippen MR) is 72.6 cm³/mol. The van der Waals surface area contributed by atoms with Crippen molar-refractivity contribution in [1.82, 2.24) is 10.3 Å². The molecule has 0 aromatic carbocycles. The Morgan fingerprint density at radius 3 is 2.82 bits per heavy atom. The van der Waals surface area contributed by atoms with Gasteiger partial charge >= 0.3 is 0 Å². The van der Waals surface area contributed by atoms with E-state index in [0.29, 0.717) is 0 Å². The summed E-state index contributed by atoms with van der Waals surface area (Å²) in [5.74, 6) is 1.12. The summed E-state index contributed by atoms with van der Waals surface area (Å²) < 4.78 is 0. The Hall–Kier alpha value is -1.39. The zero-order valence-electron chi connectivity index (χ0n) is 9.60. The summed E-state index contributed by atoms with van der Waals surface area (Å²) in [6.45, 7) is 4.16. The van der Waals surface area contributed by atoms with Gasteiger partial charge in [0.05, 0.1) is 0 Å². The summed E-state index contributed by atoms with van der Waals surface area (Å²) in [6.07, 6.45) is 1.88. The molecule has 0 radical (unpaired) electrons. The molecule has 1 fully saturated rings. The van der Waals surface area contributed by atoms with E-state index in [1.165, 1.54) is 10.4 Å². The summed E-state index contributed by atoms with van der Waals surface area (Å²) in [7, 11) is 0. The zero-order valence-corrected chi connectivity index (χ0v) is 10.4. The van der Waals surface area contributed by atoms with Crippen LogP contribution >= 0.6 is 11.3 Å². The summed E-state index contributed by atoms with van der Waals surface area (Å²) in [4.78, 5) is 8.23. The Labute approximate surface area is 105 Å². The molecule has 0 aliphatic carbocycles. The molecule has 0 bridgehead atoms. The number of hydrogen-bond donors (Lipinski definition) is 1. The standard InChI is InChI=1S/C13H15N3S/c1-3-11(12-4-2-10-17-12)13(15-5-1)16-8-6-14-7-9-16/h1-5,10,14H,6-9H2. The summed E-state index contributed by atoms with van der Waals surface area (Å²) in [5, 5.41) is 5.49. The first kappa shape index (κ1) is 10.7. The van der Waals surface area contributed by atoms with E-state index in [0.717, 1.165) is 32.0 Å². The lowest BCUT2D eigenvalue weighted by atomic mass is 10.2. The van der Waals surface area contributed by atoms with Crippen molar-refractivity contribution in [3.05, 3.63) is 35.8 Å². The molecule has 1 aliphatic rings. The van der Waals surface area contributed by atoms with Gasteiger partial charge in [-0.25, -0.2) is 4.98 Å². The molecule has 0 amide bonds. The Morgan fingerprint density at radius 1 is 1.18 bits per heavy atom. The molecule has 0 spiro atoms. The average Bonchev–Trinajstić information content (AvgIpc) is 2.94. The molecule has 2 aromatic rings. The van der Waals surface area contributed by atoms with Crippen molar-refractivity contribution in [2.45, 2.75) is 0 Å². The fourth-order valence-corrected chi connectivity index (χ4v) is 2.90. The largest absolute Gasteiger partial charge is 0.354 e. The minimum Gasteiger partial charge on any atom is -0.354 e. The van der Waals surface area contributed by atoms with Gasteiger partial charge in [-0.15, -0.1) is 11.3 Å². The lowest BCUT2D eigenvalue weighted by Crippen LogP contribution is -2.44. The maximum absolute atomic E-state index is 4.56. The van der Waals surface area contributed by atoms with Crippen molar-refractivity contribution in [2.24, 2.45) is 0 Å². The first-order valence-electron chi connectivity index (χ1n) is 5.90. The highest BCUT2D eigenvalue weighted by molar-refractivity contribution is 7.13. The van der Waals surface area contributed by atoms with Crippen LogP contribution in [-0.4, -0.2) is 31.2 Å². The number of hydrogen-bond acceptors (Lipinski definition) is 4. The average molecular weight is 245 g/mol. The smallest absolute Gasteiger partial charge is 0.137 e. The van der Waals surface area contributed by atoms with Gasteiger partial charge in [-0.05, 0) is 23.6 Å². The van der Waals surface area contributed by atoms with E-state index in [1.807, 2.05) is 12.3 Å². The van der Waals surface area contributed by atoms with Crippen molar-refractivity contribution in [3.63, 3.8) is 0 Å². The van der Waals surface area contributed by atoms with E-state index in [2.05, 4.69) is 38.8 Å². The zero-order chi connectivity index (χ0) is 11.5. The van der Waals surface area contributed by atoms with Crippen molar-refractivity contribution in [3.8, 4) is 10.4 Å². The quantitative estimate of drug-likeness (QED) is 0.879. The Bertz CT molecular complexity index is 475. The third kappa shape index (κ3) is 2.18. The van der Waals surface area contributed by atoms with E-state index in [1.54, 1.807) is 11.3 Å². The Kier molecular flexibility index (Phi) is 3.07. The van der Waals surface area contributed by atoms with Gasteiger partial charge < -0.3 is 10.2 Å². The third-order valence-electron chi connectivity index (χ3n) is 2.99. The van der Waals surface area contributed by atoms with Crippen LogP contribution in [0, 0.1) is 0 Å². The van der Waals surface area contributed by atoms with Crippen LogP contribution in [-0.2, 0) is 0 Å². The highest BCUT2D eigenvalue weighted by Crippen LogP contribution is 2.31. The lowest BCUT2D eigenvalue weighted by molar-refractivity contribution is 0.585. The SMILES string of the molecule is c1csc(-c2cccnc2N2CCNCC2)c1. The summed E-state index contributed by atoms with van der Waals surface area (Å²) in [5.41, 5.74) is 1.25. The van der Waals surface area contributed by atoms with E-state index < -0.39 is 0 Å². The molecule has 88 valence electrons. The predicted octanol–water partition coefficient (Wildman–Crippen LogP) is 2.22. The second-order valence-electron chi connectivity index (χ2n) is 4.09. The van der Waals surface area contributed by atoms with Gasteiger partial charge in [-0.2, -0.15) is 0 Å². The topological polar surface area (TPSA) is 28.2 Å². The molecule has 1 saturated heterocycles. The highest BCUT2D eigenvalue weighted by atomic mass is 32.1. The number of thiophene rings is 1. The number of pyridine rings is 1. The molecule has 1 aliphatic heterocycles. The fraction of sp³-hybridized carbons (Fsp3) is 0.308. The molecular formula is C13H15N3S. The van der Waals surface area contributed by atoms with E-state index in [4.69, 9.17) is 0 Å².